The third-order valence-corrected chi connectivity index (χ3v) is 3.99. The van der Waals surface area contributed by atoms with Gasteiger partial charge in [-0.05, 0) is 12.1 Å². The summed E-state index contributed by atoms with van der Waals surface area (Å²) < 4.78 is 29.5. The lowest BCUT2D eigenvalue weighted by atomic mass is 10.1. The normalized spacial score (nSPS) is 13.4. The summed E-state index contributed by atoms with van der Waals surface area (Å²) in [5.74, 6) is -0.241. The van der Waals surface area contributed by atoms with Gasteiger partial charge in [-0.2, -0.15) is 9.37 Å². The van der Waals surface area contributed by atoms with Crippen LogP contribution in [-0.2, 0) is 13.0 Å². The molecule has 3 heterocycles. The van der Waals surface area contributed by atoms with Crippen molar-refractivity contribution < 1.29 is 23.1 Å². The number of nitrogens with zero attached hydrogens (tertiary/aromatic N) is 4. The Morgan fingerprint density at radius 2 is 2.07 bits per heavy atom. The van der Waals surface area contributed by atoms with Gasteiger partial charge < -0.3 is 13.9 Å². The summed E-state index contributed by atoms with van der Waals surface area (Å²) in [6.45, 7) is 0.400. The van der Waals surface area contributed by atoms with Crippen molar-refractivity contribution in [2.45, 2.75) is 13.0 Å². The Morgan fingerprint density at radius 1 is 1.26 bits per heavy atom. The van der Waals surface area contributed by atoms with Crippen LogP contribution in [0.5, 0.6) is 11.6 Å². The van der Waals surface area contributed by atoms with Crippen LogP contribution in [0.1, 0.15) is 22.1 Å². The van der Waals surface area contributed by atoms with Gasteiger partial charge in [0.1, 0.15) is 5.75 Å². The van der Waals surface area contributed by atoms with E-state index in [9.17, 15) is 9.18 Å². The zero-order valence-electron chi connectivity index (χ0n) is 14.4. The minimum atomic E-state index is -0.702. The summed E-state index contributed by atoms with van der Waals surface area (Å²) in [7, 11) is 1.29. The molecule has 1 aromatic carbocycles. The van der Waals surface area contributed by atoms with E-state index in [1.165, 1.54) is 12.0 Å². The average Bonchev–Trinajstić information content (AvgIpc) is 3.12. The van der Waals surface area contributed by atoms with Gasteiger partial charge >= 0.3 is 0 Å². The molecule has 8 nitrogen and oxygen atoms in total. The molecule has 0 spiro atoms. The summed E-state index contributed by atoms with van der Waals surface area (Å²) in [4.78, 5) is 26.2. The first-order valence-electron chi connectivity index (χ1n) is 8.20. The molecule has 2 aromatic heterocycles. The third kappa shape index (κ3) is 3.31. The van der Waals surface area contributed by atoms with E-state index >= 15 is 0 Å². The van der Waals surface area contributed by atoms with Gasteiger partial charge in [0.05, 0.1) is 19.0 Å². The van der Waals surface area contributed by atoms with Gasteiger partial charge in [0, 0.05) is 13.0 Å². The van der Waals surface area contributed by atoms with Crippen molar-refractivity contribution in [1.82, 2.24) is 15.0 Å². The van der Waals surface area contributed by atoms with Crippen LogP contribution in [0.4, 0.5) is 10.3 Å². The minimum Gasteiger partial charge on any atom is -0.484 e. The number of amides is 1. The molecule has 1 amide bonds. The third-order valence-electron chi connectivity index (χ3n) is 3.99. The van der Waals surface area contributed by atoms with Crippen LogP contribution in [-0.4, -0.2) is 34.5 Å². The number of halogens is 1. The van der Waals surface area contributed by atoms with Gasteiger partial charge in [0.15, 0.2) is 6.61 Å². The fraction of sp³-hybridized carbons (Fsp3) is 0.222. The standard InChI is InChI=1S/C18H15FN4O4/c1-25-16-12(19)9-20-18(22-16)23-8-7-13-15(17(23)24)27-14(21-13)10-26-11-5-3-2-4-6-11/h2-6,9H,7-8,10H2,1H3. The Balaban J connectivity index is 1.53. The Hall–Kier alpha value is -3.49. The molecule has 1 aliphatic rings. The van der Waals surface area contributed by atoms with Crippen molar-refractivity contribution >= 4 is 11.9 Å². The van der Waals surface area contributed by atoms with Gasteiger partial charge in [-0.25, -0.2) is 9.97 Å². The zero-order chi connectivity index (χ0) is 18.8. The highest BCUT2D eigenvalue weighted by atomic mass is 19.1. The minimum absolute atomic E-state index is 0.0439. The second-order valence-corrected chi connectivity index (χ2v) is 5.72. The lowest BCUT2D eigenvalue weighted by Crippen LogP contribution is -2.38. The molecular formula is C18H15FN4O4. The van der Waals surface area contributed by atoms with Crippen molar-refractivity contribution in [1.29, 1.82) is 0 Å². The Bertz CT molecular complexity index is 977. The predicted octanol–water partition coefficient (Wildman–Crippen LogP) is 2.39. The van der Waals surface area contributed by atoms with Crippen molar-refractivity contribution in [2.24, 2.45) is 0 Å². The number of fused-ring (bicyclic) bond motifs is 1. The molecule has 0 saturated heterocycles. The van der Waals surface area contributed by atoms with E-state index in [1.807, 2.05) is 30.3 Å². The summed E-state index contributed by atoms with van der Waals surface area (Å²) in [5, 5.41) is 0. The van der Waals surface area contributed by atoms with Gasteiger partial charge in [-0.3, -0.25) is 9.69 Å². The number of ether oxygens (including phenoxy) is 2. The molecule has 1 aliphatic heterocycles. The van der Waals surface area contributed by atoms with Crippen LogP contribution in [0, 0.1) is 5.82 Å². The van der Waals surface area contributed by atoms with Crippen LogP contribution in [0.15, 0.2) is 40.9 Å². The molecule has 4 rings (SSSR count). The molecule has 0 atom stereocenters. The number of benzene rings is 1. The lowest BCUT2D eigenvalue weighted by Gasteiger charge is -2.23. The number of rotatable bonds is 5. The predicted molar refractivity (Wildman–Crippen MR) is 91.2 cm³/mol. The van der Waals surface area contributed by atoms with E-state index in [1.54, 1.807) is 0 Å². The second kappa shape index (κ2) is 7.02. The molecule has 0 N–H and O–H groups in total. The van der Waals surface area contributed by atoms with Crippen LogP contribution in [0.2, 0.25) is 0 Å². The number of carbonyl (C=O) groups excluding carboxylic acids is 1. The van der Waals surface area contributed by atoms with Crippen molar-refractivity contribution in [3.05, 3.63) is 59.7 Å². The molecule has 138 valence electrons. The summed E-state index contributed by atoms with van der Waals surface area (Å²) >= 11 is 0. The van der Waals surface area contributed by atoms with E-state index in [-0.39, 0.29) is 24.2 Å². The topological polar surface area (TPSA) is 90.6 Å². The smallest absolute Gasteiger partial charge is 0.298 e. The first kappa shape index (κ1) is 17.0. The van der Waals surface area contributed by atoms with Gasteiger partial charge in [0.25, 0.3) is 11.8 Å². The average molecular weight is 370 g/mol. The number of anilines is 1. The number of carbonyl (C=O) groups is 1. The first-order valence-corrected chi connectivity index (χ1v) is 8.20. The summed E-state index contributed by atoms with van der Waals surface area (Å²) in [6, 6.07) is 9.23. The fourth-order valence-electron chi connectivity index (χ4n) is 2.71. The van der Waals surface area contributed by atoms with Gasteiger partial charge in [-0.15, -0.1) is 0 Å². The van der Waals surface area contributed by atoms with E-state index in [0.717, 1.165) is 6.20 Å². The van der Waals surface area contributed by atoms with Crippen LogP contribution >= 0.6 is 0 Å². The maximum Gasteiger partial charge on any atom is 0.298 e. The lowest BCUT2D eigenvalue weighted by molar-refractivity contribution is 0.0946. The highest BCUT2D eigenvalue weighted by molar-refractivity contribution is 6.04. The largest absolute Gasteiger partial charge is 0.484 e. The van der Waals surface area contributed by atoms with E-state index < -0.39 is 11.7 Å². The zero-order valence-corrected chi connectivity index (χ0v) is 14.4. The molecule has 27 heavy (non-hydrogen) atoms. The Kier molecular flexibility index (Phi) is 4.41. The van der Waals surface area contributed by atoms with Gasteiger partial charge in [-0.1, -0.05) is 18.2 Å². The maximum absolute atomic E-state index is 13.5. The maximum atomic E-state index is 13.5. The highest BCUT2D eigenvalue weighted by Crippen LogP contribution is 2.25. The van der Waals surface area contributed by atoms with E-state index in [4.69, 9.17) is 13.9 Å². The van der Waals surface area contributed by atoms with Crippen LogP contribution in [0.3, 0.4) is 0 Å². The molecular weight excluding hydrogens is 355 g/mol. The summed E-state index contributed by atoms with van der Waals surface area (Å²) in [6.07, 6.45) is 1.42. The van der Waals surface area contributed by atoms with E-state index in [2.05, 4.69) is 15.0 Å². The number of hydrogen-bond acceptors (Lipinski definition) is 7. The molecule has 0 saturated carbocycles. The molecule has 0 bridgehead atoms. The highest BCUT2D eigenvalue weighted by Gasteiger charge is 2.33. The number of hydrogen-bond donors (Lipinski definition) is 0. The van der Waals surface area contributed by atoms with E-state index in [0.29, 0.717) is 30.3 Å². The molecule has 0 fully saturated rings. The number of aromatic nitrogens is 3. The SMILES string of the molecule is COc1nc(N2CCc3nc(COc4ccccc4)oc3C2=O)ncc1F. The van der Waals surface area contributed by atoms with Crippen molar-refractivity contribution in [3.8, 4) is 11.6 Å². The monoisotopic (exact) mass is 370 g/mol. The number of oxazole rings is 1. The Labute approximate surface area is 153 Å². The molecule has 9 heteroatoms. The quantitative estimate of drug-likeness (QED) is 0.681. The Morgan fingerprint density at radius 3 is 2.85 bits per heavy atom. The molecule has 0 aliphatic carbocycles. The number of para-hydroxylation sites is 1. The fourth-order valence-corrected chi connectivity index (χ4v) is 2.71. The van der Waals surface area contributed by atoms with Crippen molar-refractivity contribution in [3.63, 3.8) is 0 Å². The van der Waals surface area contributed by atoms with Crippen LogP contribution < -0.4 is 14.4 Å². The number of methoxy groups -OCH3 is 1. The molecule has 0 radical (unpaired) electrons. The van der Waals surface area contributed by atoms with Crippen molar-refractivity contribution in [2.75, 3.05) is 18.6 Å². The molecule has 0 unspecified atom stereocenters. The first-order chi connectivity index (χ1) is 13.2. The van der Waals surface area contributed by atoms with Gasteiger partial charge in [0.2, 0.25) is 23.4 Å². The second-order valence-electron chi connectivity index (χ2n) is 5.72. The summed E-state index contributed by atoms with van der Waals surface area (Å²) in [5.41, 5.74) is 0.553. The molecule has 3 aromatic rings. The van der Waals surface area contributed by atoms with Crippen LogP contribution in [0.25, 0.3) is 0 Å².